The summed E-state index contributed by atoms with van der Waals surface area (Å²) < 4.78 is 5.62. The first-order valence-corrected chi connectivity index (χ1v) is 9.51. The number of aliphatic hydroxyl groups is 1. The van der Waals surface area contributed by atoms with E-state index in [2.05, 4.69) is 4.98 Å². The fourth-order valence-electron chi connectivity index (χ4n) is 3.31. The van der Waals surface area contributed by atoms with E-state index in [0.29, 0.717) is 36.6 Å². The summed E-state index contributed by atoms with van der Waals surface area (Å²) in [6.45, 7) is 4.90. The van der Waals surface area contributed by atoms with Gasteiger partial charge in [-0.3, -0.25) is 14.6 Å². The van der Waals surface area contributed by atoms with Gasteiger partial charge in [0.2, 0.25) is 0 Å². The minimum Gasteiger partial charge on any atom is -0.507 e. The summed E-state index contributed by atoms with van der Waals surface area (Å²) in [5.41, 5.74) is 1.05. The fraction of sp³-hybridized carbons (Fsp3) is 0.318. The van der Waals surface area contributed by atoms with Crippen LogP contribution in [-0.2, 0) is 9.59 Å². The molecule has 1 atom stereocenters. The highest BCUT2D eigenvalue weighted by atomic mass is 16.5. The van der Waals surface area contributed by atoms with Crippen molar-refractivity contribution in [2.75, 3.05) is 13.2 Å². The SMILES string of the molecule is CCCOc1cccc(/C(O)=C2/C(=O)C(=O)N(CCC)C2c2ccccn2)c1. The maximum atomic E-state index is 12.8. The van der Waals surface area contributed by atoms with E-state index < -0.39 is 17.7 Å². The van der Waals surface area contributed by atoms with Crippen LogP contribution in [0, 0.1) is 0 Å². The molecule has 0 aliphatic carbocycles. The molecule has 6 heteroatoms. The van der Waals surface area contributed by atoms with Crippen molar-refractivity contribution in [3.8, 4) is 5.75 Å². The molecule has 1 N–H and O–H groups in total. The normalized spacial score (nSPS) is 18.5. The molecule has 0 spiro atoms. The lowest BCUT2D eigenvalue weighted by Gasteiger charge is -2.23. The summed E-state index contributed by atoms with van der Waals surface area (Å²) in [5, 5.41) is 11.0. The van der Waals surface area contributed by atoms with E-state index in [1.807, 2.05) is 13.8 Å². The van der Waals surface area contributed by atoms with Crippen LogP contribution in [0.3, 0.4) is 0 Å². The molecule has 1 aliphatic rings. The zero-order chi connectivity index (χ0) is 20.1. The number of aromatic nitrogens is 1. The number of ether oxygens (including phenoxy) is 1. The topological polar surface area (TPSA) is 79.7 Å². The van der Waals surface area contributed by atoms with Crippen LogP contribution in [-0.4, -0.2) is 39.8 Å². The Balaban J connectivity index is 2.10. The van der Waals surface area contributed by atoms with Crippen LogP contribution in [0.5, 0.6) is 5.75 Å². The molecule has 1 aromatic carbocycles. The molecule has 1 amide bonds. The monoisotopic (exact) mass is 380 g/mol. The van der Waals surface area contributed by atoms with Crippen LogP contribution >= 0.6 is 0 Å². The number of rotatable bonds is 7. The molecule has 1 aromatic heterocycles. The fourth-order valence-corrected chi connectivity index (χ4v) is 3.31. The van der Waals surface area contributed by atoms with Crippen LogP contribution in [0.1, 0.15) is 44.0 Å². The van der Waals surface area contributed by atoms with Crippen LogP contribution < -0.4 is 4.74 Å². The van der Waals surface area contributed by atoms with Crippen LogP contribution in [0.4, 0.5) is 0 Å². The molecule has 2 heterocycles. The third-order valence-electron chi connectivity index (χ3n) is 4.55. The van der Waals surface area contributed by atoms with E-state index in [1.54, 1.807) is 48.7 Å². The van der Waals surface area contributed by atoms with Crippen LogP contribution in [0.15, 0.2) is 54.2 Å². The molecule has 2 aromatic rings. The van der Waals surface area contributed by atoms with Gasteiger partial charge in [0.05, 0.1) is 17.9 Å². The highest BCUT2D eigenvalue weighted by molar-refractivity contribution is 6.46. The van der Waals surface area contributed by atoms with Gasteiger partial charge in [0.15, 0.2) is 0 Å². The number of Topliss-reactive ketones (excluding diaryl/α,β-unsaturated/α-hetero) is 1. The molecule has 28 heavy (non-hydrogen) atoms. The van der Waals surface area contributed by atoms with Crippen molar-refractivity contribution >= 4 is 17.4 Å². The zero-order valence-corrected chi connectivity index (χ0v) is 16.1. The van der Waals surface area contributed by atoms with Gasteiger partial charge in [-0.05, 0) is 37.1 Å². The Bertz CT molecular complexity index is 892. The zero-order valence-electron chi connectivity index (χ0n) is 16.1. The number of likely N-dealkylation sites (tertiary alicyclic amines) is 1. The molecule has 0 radical (unpaired) electrons. The number of nitrogens with zero attached hydrogens (tertiary/aromatic N) is 2. The molecule has 1 saturated heterocycles. The quantitative estimate of drug-likeness (QED) is 0.450. The Hall–Kier alpha value is -3.15. The molecule has 1 fully saturated rings. The van der Waals surface area contributed by atoms with E-state index in [9.17, 15) is 14.7 Å². The van der Waals surface area contributed by atoms with E-state index in [1.165, 1.54) is 4.90 Å². The molecular weight excluding hydrogens is 356 g/mol. The van der Waals surface area contributed by atoms with E-state index in [4.69, 9.17) is 4.74 Å². The predicted octanol–water partition coefficient (Wildman–Crippen LogP) is 3.70. The first kappa shape index (κ1) is 19.6. The van der Waals surface area contributed by atoms with Gasteiger partial charge in [-0.15, -0.1) is 0 Å². The Morgan fingerprint density at radius 3 is 2.64 bits per heavy atom. The van der Waals surface area contributed by atoms with E-state index >= 15 is 0 Å². The summed E-state index contributed by atoms with van der Waals surface area (Å²) >= 11 is 0. The number of pyridine rings is 1. The van der Waals surface area contributed by atoms with Crippen LogP contribution in [0.25, 0.3) is 5.76 Å². The van der Waals surface area contributed by atoms with Crippen molar-refractivity contribution in [3.63, 3.8) is 0 Å². The molecule has 146 valence electrons. The van der Waals surface area contributed by atoms with Gasteiger partial charge >= 0.3 is 0 Å². The Morgan fingerprint density at radius 1 is 1.14 bits per heavy atom. The second kappa shape index (κ2) is 8.69. The lowest BCUT2D eigenvalue weighted by molar-refractivity contribution is -0.139. The minimum atomic E-state index is -0.707. The molecular formula is C22H24N2O4. The maximum absolute atomic E-state index is 12.8. The number of benzene rings is 1. The van der Waals surface area contributed by atoms with Crippen molar-refractivity contribution < 1.29 is 19.4 Å². The Labute approximate surface area is 164 Å². The third kappa shape index (κ3) is 3.76. The van der Waals surface area contributed by atoms with Gasteiger partial charge in [0.25, 0.3) is 11.7 Å². The Morgan fingerprint density at radius 2 is 1.96 bits per heavy atom. The number of hydrogen-bond donors (Lipinski definition) is 1. The van der Waals surface area contributed by atoms with Crippen LogP contribution in [0.2, 0.25) is 0 Å². The number of hydrogen-bond acceptors (Lipinski definition) is 5. The first-order valence-electron chi connectivity index (χ1n) is 9.51. The average Bonchev–Trinajstić information content (AvgIpc) is 2.98. The molecule has 6 nitrogen and oxygen atoms in total. The average molecular weight is 380 g/mol. The summed E-state index contributed by atoms with van der Waals surface area (Å²) in [7, 11) is 0. The minimum absolute atomic E-state index is 0.0600. The largest absolute Gasteiger partial charge is 0.507 e. The number of carbonyl (C=O) groups excluding carboxylic acids is 2. The van der Waals surface area contributed by atoms with Gasteiger partial charge in [0, 0.05) is 18.3 Å². The van der Waals surface area contributed by atoms with E-state index in [-0.39, 0.29) is 11.3 Å². The molecule has 1 unspecified atom stereocenters. The smallest absolute Gasteiger partial charge is 0.295 e. The molecule has 0 saturated carbocycles. The summed E-state index contributed by atoms with van der Waals surface area (Å²) in [6.07, 6.45) is 3.16. The second-order valence-electron chi connectivity index (χ2n) is 6.62. The second-order valence-corrected chi connectivity index (χ2v) is 6.62. The number of ketones is 1. The van der Waals surface area contributed by atoms with Crippen molar-refractivity contribution in [1.29, 1.82) is 0 Å². The molecule has 1 aliphatic heterocycles. The van der Waals surface area contributed by atoms with Gasteiger partial charge in [0.1, 0.15) is 17.6 Å². The summed E-state index contributed by atoms with van der Waals surface area (Å²) in [6, 6.07) is 11.5. The lowest BCUT2D eigenvalue weighted by atomic mass is 9.98. The van der Waals surface area contributed by atoms with Gasteiger partial charge in [-0.2, -0.15) is 0 Å². The standard InChI is InChI=1S/C22H24N2O4/c1-3-12-24-19(17-10-5-6-11-23-17)18(21(26)22(24)27)20(25)15-8-7-9-16(14-15)28-13-4-2/h5-11,14,19,25H,3-4,12-13H2,1-2H3/b20-18-. The van der Waals surface area contributed by atoms with Crippen molar-refractivity contribution in [3.05, 3.63) is 65.5 Å². The predicted molar refractivity (Wildman–Crippen MR) is 106 cm³/mol. The number of aliphatic hydroxyl groups excluding tert-OH is 1. The highest BCUT2D eigenvalue weighted by Gasteiger charge is 2.46. The summed E-state index contributed by atoms with van der Waals surface area (Å²) in [5.74, 6) is -0.920. The molecule has 3 rings (SSSR count). The number of carbonyl (C=O) groups is 2. The first-order chi connectivity index (χ1) is 13.6. The van der Waals surface area contributed by atoms with Gasteiger partial charge in [-0.1, -0.05) is 32.0 Å². The maximum Gasteiger partial charge on any atom is 0.295 e. The van der Waals surface area contributed by atoms with E-state index in [0.717, 1.165) is 6.42 Å². The van der Waals surface area contributed by atoms with Crippen molar-refractivity contribution in [2.45, 2.75) is 32.7 Å². The lowest BCUT2D eigenvalue weighted by Crippen LogP contribution is -2.30. The molecule has 0 bridgehead atoms. The van der Waals surface area contributed by atoms with Crippen molar-refractivity contribution in [1.82, 2.24) is 9.88 Å². The van der Waals surface area contributed by atoms with Gasteiger partial charge < -0.3 is 14.7 Å². The third-order valence-corrected chi connectivity index (χ3v) is 4.55. The number of amides is 1. The highest BCUT2D eigenvalue weighted by Crippen LogP contribution is 2.38. The Kier molecular flexibility index (Phi) is 6.09. The summed E-state index contributed by atoms with van der Waals surface area (Å²) in [4.78, 5) is 31.2. The van der Waals surface area contributed by atoms with Gasteiger partial charge in [-0.25, -0.2) is 0 Å². The van der Waals surface area contributed by atoms with Crippen molar-refractivity contribution in [2.24, 2.45) is 0 Å².